The summed E-state index contributed by atoms with van der Waals surface area (Å²) in [6.07, 6.45) is -0.153. The van der Waals surface area contributed by atoms with Crippen LogP contribution in [-0.2, 0) is 11.3 Å². The summed E-state index contributed by atoms with van der Waals surface area (Å²) < 4.78 is 50.4. The number of halogens is 3. The van der Waals surface area contributed by atoms with Crippen molar-refractivity contribution in [2.24, 2.45) is 0 Å². The molecule has 2 aromatic heterocycles. The van der Waals surface area contributed by atoms with Gasteiger partial charge in [-0.05, 0) is 29.0 Å². The number of benzene rings is 2. The van der Waals surface area contributed by atoms with Gasteiger partial charge in [-0.1, -0.05) is 47.7 Å². The summed E-state index contributed by atoms with van der Waals surface area (Å²) in [4.78, 5) is 19.1. The number of tetrazole rings is 1. The minimum atomic E-state index is -4.82. The number of aromatic nitrogens is 5. The molecule has 4 aromatic rings. The molecule has 206 valence electrons. The molecular weight excluding hydrogens is 549 g/mol. The standard InChI is InChI=1S/C26H21F3N6O4S/c27-26(28,29)39-20-8-4-2-6-17(20)18-13-25(38-19-7-3-1-5-16(18)19)9-11-34(12-10-25)24-30-14-21(40-24)23-31-33-35(32-23)15-22(36)37/h1-8,13-14H,9-12,15H2,(H,36,37). The lowest BCUT2D eigenvalue weighted by atomic mass is 9.83. The van der Waals surface area contributed by atoms with Crippen molar-refractivity contribution in [2.75, 3.05) is 18.0 Å². The fraction of sp³-hybridized carbons (Fsp3) is 0.269. The minimum absolute atomic E-state index is 0.269. The number of fused-ring (bicyclic) bond motifs is 1. The maximum atomic E-state index is 13.2. The zero-order valence-electron chi connectivity index (χ0n) is 20.7. The second-order valence-corrected chi connectivity index (χ2v) is 10.3. The fourth-order valence-electron chi connectivity index (χ4n) is 4.86. The SMILES string of the molecule is O=C(O)Cn1nnc(-c2cnc(N3CCC4(C=C(c5ccccc5OC(F)(F)F)c5ccccc5O4)CC3)s2)n1. The molecule has 2 aromatic carbocycles. The van der Waals surface area contributed by atoms with E-state index in [0.717, 1.165) is 9.93 Å². The quantitative estimate of drug-likeness (QED) is 0.354. The van der Waals surface area contributed by atoms with E-state index in [-0.39, 0.29) is 11.6 Å². The van der Waals surface area contributed by atoms with Gasteiger partial charge in [0, 0.05) is 37.1 Å². The summed E-state index contributed by atoms with van der Waals surface area (Å²) in [5.41, 5.74) is 0.932. The Bertz CT molecular complexity index is 1590. The molecule has 40 heavy (non-hydrogen) atoms. The Hall–Kier alpha value is -4.46. The Kier molecular flexibility index (Phi) is 6.41. The maximum absolute atomic E-state index is 13.2. The van der Waals surface area contributed by atoms with E-state index in [1.54, 1.807) is 18.3 Å². The lowest BCUT2D eigenvalue weighted by molar-refractivity contribution is -0.274. The first-order valence-corrected chi connectivity index (χ1v) is 13.1. The molecular formula is C26H21F3N6O4S. The highest BCUT2D eigenvalue weighted by molar-refractivity contribution is 7.18. The Balaban J connectivity index is 1.25. The number of carboxylic acids is 1. The molecule has 1 fully saturated rings. The molecule has 2 aliphatic rings. The third-order valence-electron chi connectivity index (χ3n) is 6.62. The molecule has 0 unspecified atom stereocenters. The van der Waals surface area contributed by atoms with Crippen molar-refractivity contribution in [1.82, 2.24) is 25.2 Å². The number of thiazole rings is 1. The van der Waals surface area contributed by atoms with Gasteiger partial charge in [-0.25, -0.2) is 4.98 Å². The first kappa shape index (κ1) is 25.8. The monoisotopic (exact) mass is 570 g/mol. The first-order valence-electron chi connectivity index (χ1n) is 12.3. The van der Waals surface area contributed by atoms with Crippen LogP contribution < -0.4 is 14.4 Å². The third kappa shape index (κ3) is 5.21. The predicted octanol–water partition coefficient (Wildman–Crippen LogP) is 4.64. The van der Waals surface area contributed by atoms with E-state index >= 15 is 0 Å². The van der Waals surface area contributed by atoms with E-state index < -0.39 is 24.5 Å². The summed E-state index contributed by atoms with van der Waals surface area (Å²) in [6, 6.07) is 13.4. The van der Waals surface area contributed by atoms with Crippen LogP contribution in [0.1, 0.15) is 24.0 Å². The average Bonchev–Trinajstić information content (AvgIpc) is 3.58. The second kappa shape index (κ2) is 9.93. The van der Waals surface area contributed by atoms with Crippen LogP contribution >= 0.6 is 11.3 Å². The lowest BCUT2D eigenvalue weighted by Gasteiger charge is -2.43. The van der Waals surface area contributed by atoms with Gasteiger partial charge >= 0.3 is 12.3 Å². The Morgan fingerprint density at radius 2 is 1.82 bits per heavy atom. The molecule has 0 bridgehead atoms. The molecule has 2 aliphatic heterocycles. The van der Waals surface area contributed by atoms with Crippen LogP contribution in [-0.4, -0.2) is 61.3 Å². The number of nitrogens with zero attached hydrogens (tertiary/aromatic N) is 6. The minimum Gasteiger partial charge on any atom is -0.482 e. The number of aliphatic carboxylic acids is 1. The zero-order chi connectivity index (χ0) is 27.9. The van der Waals surface area contributed by atoms with Crippen molar-refractivity contribution in [2.45, 2.75) is 31.3 Å². The van der Waals surface area contributed by atoms with E-state index in [0.29, 0.717) is 53.3 Å². The highest BCUT2D eigenvalue weighted by Crippen LogP contribution is 2.46. The molecule has 0 radical (unpaired) electrons. The second-order valence-electron chi connectivity index (χ2n) is 9.30. The number of para-hydroxylation sites is 2. The number of rotatable bonds is 6. The predicted molar refractivity (Wildman–Crippen MR) is 138 cm³/mol. The molecule has 0 aliphatic carbocycles. The van der Waals surface area contributed by atoms with E-state index in [1.165, 1.54) is 23.5 Å². The molecule has 6 rings (SSSR count). The van der Waals surface area contributed by atoms with Crippen LogP contribution in [0.25, 0.3) is 16.3 Å². The molecule has 14 heteroatoms. The maximum Gasteiger partial charge on any atom is 0.573 e. The number of hydrogen-bond acceptors (Lipinski definition) is 9. The van der Waals surface area contributed by atoms with Gasteiger partial charge in [0.2, 0.25) is 5.82 Å². The number of anilines is 1. The van der Waals surface area contributed by atoms with E-state index in [9.17, 15) is 18.0 Å². The van der Waals surface area contributed by atoms with Crippen molar-refractivity contribution >= 4 is 28.0 Å². The van der Waals surface area contributed by atoms with Gasteiger partial charge in [-0.3, -0.25) is 4.79 Å². The van der Waals surface area contributed by atoms with E-state index in [1.807, 2.05) is 30.3 Å². The van der Waals surface area contributed by atoms with Gasteiger partial charge in [0.1, 0.15) is 17.1 Å². The highest BCUT2D eigenvalue weighted by atomic mass is 32.1. The van der Waals surface area contributed by atoms with Gasteiger partial charge in [-0.2, -0.15) is 4.80 Å². The summed E-state index contributed by atoms with van der Waals surface area (Å²) in [5, 5.41) is 21.4. The zero-order valence-corrected chi connectivity index (χ0v) is 21.5. The number of piperidine rings is 1. The Morgan fingerprint density at radius 3 is 2.58 bits per heavy atom. The van der Waals surface area contributed by atoms with Crippen molar-refractivity contribution in [3.05, 3.63) is 71.9 Å². The van der Waals surface area contributed by atoms with Gasteiger partial charge in [-0.15, -0.1) is 23.4 Å². The molecule has 0 saturated carbocycles. The Labute approximate surface area is 229 Å². The van der Waals surface area contributed by atoms with E-state index in [4.69, 9.17) is 9.84 Å². The topological polar surface area (TPSA) is 115 Å². The molecule has 1 spiro atoms. The van der Waals surface area contributed by atoms with Gasteiger partial charge in [0.05, 0.1) is 11.1 Å². The van der Waals surface area contributed by atoms with E-state index in [2.05, 4.69) is 30.0 Å². The Morgan fingerprint density at radius 1 is 1.10 bits per heavy atom. The van der Waals surface area contributed by atoms with Gasteiger partial charge in [0.25, 0.3) is 0 Å². The number of carbonyl (C=O) groups is 1. The van der Waals surface area contributed by atoms with Gasteiger partial charge in [0.15, 0.2) is 11.7 Å². The van der Waals surface area contributed by atoms with Crippen LogP contribution in [0.15, 0.2) is 60.8 Å². The molecule has 1 saturated heterocycles. The molecule has 1 N–H and O–H groups in total. The van der Waals surface area contributed by atoms with Crippen molar-refractivity contribution < 1.29 is 32.5 Å². The smallest absolute Gasteiger partial charge is 0.482 e. The highest BCUT2D eigenvalue weighted by Gasteiger charge is 2.40. The number of hydrogen-bond donors (Lipinski definition) is 1. The summed E-state index contributed by atoms with van der Waals surface area (Å²) in [7, 11) is 0. The van der Waals surface area contributed by atoms with Crippen LogP contribution in [0, 0.1) is 0 Å². The van der Waals surface area contributed by atoms with Gasteiger partial charge < -0.3 is 19.5 Å². The normalized spacial score (nSPS) is 16.3. The summed E-state index contributed by atoms with van der Waals surface area (Å²) >= 11 is 1.36. The molecule has 4 heterocycles. The van der Waals surface area contributed by atoms with Crippen LogP contribution in [0.5, 0.6) is 11.5 Å². The average molecular weight is 571 g/mol. The summed E-state index contributed by atoms with van der Waals surface area (Å²) in [6.45, 7) is 0.774. The molecule has 0 amide bonds. The summed E-state index contributed by atoms with van der Waals surface area (Å²) in [5.74, 6) is -0.451. The lowest BCUT2D eigenvalue weighted by Crippen LogP contribution is -2.48. The number of alkyl halides is 3. The number of carboxylic acid groups (broad SMARTS) is 1. The van der Waals surface area contributed by atoms with Crippen LogP contribution in [0.3, 0.4) is 0 Å². The molecule has 10 nitrogen and oxygen atoms in total. The largest absolute Gasteiger partial charge is 0.573 e. The van der Waals surface area contributed by atoms with Crippen LogP contribution in [0.2, 0.25) is 0 Å². The third-order valence-corrected chi connectivity index (χ3v) is 7.68. The van der Waals surface area contributed by atoms with Crippen LogP contribution in [0.4, 0.5) is 18.3 Å². The van der Waals surface area contributed by atoms with Crippen molar-refractivity contribution in [3.8, 4) is 22.2 Å². The number of ether oxygens (including phenoxy) is 2. The molecule has 0 atom stereocenters. The first-order chi connectivity index (χ1) is 19.2. The van der Waals surface area contributed by atoms with Crippen molar-refractivity contribution in [3.63, 3.8) is 0 Å². The fourth-order valence-corrected chi connectivity index (χ4v) is 5.75. The van der Waals surface area contributed by atoms with Crippen molar-refractivity contribution in [1.29, 1.82) is 0 Å².